The van der Waals surface area contributed by atoms with Crippen LogP contribution in [0, 0.1) is 6.92 Å². The Morgan fingerprint density at radius 2 is 2.42 bits per heavy atom. The molecule has 0 unspecified atom stereocenters. The quantitative estimate of drug-likeness (QED) is 0.853. The molecule has 1 fully saturated rings. The van der Waals surface area contributed by atoms with E-state index in [4.69, 9.17) is 16.3 Å². The Hall–Kier alpha value is -1.17. The van der Waals surface area contributed by atoms with Crippen molar-refractivity contribution >= 4 is 28.6 Å². The summed E-state index contributed by atoms with van der Waals surface area (Å²) in [7, 11) is 0. The van der Waals surface area contributed by atoms with Gasteiger partial charge in [0.15, 0.2) is 0 Å². The molecule has 3 rings (SSSR count). The zero-order valence-corrected chi connectivity index (χ0v) is 12.1. The van der Waals surface area contributed by atoms with Crippen LogP contribution >= 0.6 is 22.9 Å². The van der Waals surface area contributed by atoms with Gasteiger partial charge in [0.25, 0.3) is 0 Å². The maximum absolute atomic E-state index is 6.20. The Kier molecular flexibility index (Phi) is 3.68. The molecule has 0 aliphatic carbocycles. The zero-order chi connectivity index (χ0) is 13.2. The largest absolute Gasteiger partial charge is 0.367 e. The average Bonchev–Trinajstić information content (AvgIpc) is 2.86. The number of aromatic nitrogens is 2. The van der Waals surface area contributed by atoms with Crippen molar-refractivity contribution in [2.75, 3.05) is 24.6 Å². The Labute approximate surface area is 121 Å². The second kappa shape index (κ2) is 5.45. The van der Waals surface area contributed by atoms with Gasteiger partial charge in [0.05, 0.1) is 23.9 Å². The van der Waals surface area contributed by atoms with E-state index in [-0.39, 0.29) is 6.10 Å². The molecule has 3 heterocycles. The van der Waals surface area contributed by atoms with Crippen LogP contribution in [-0.4, -0.2) is 29.7 Å². The molecule has 2 aromatic heterocycles. The highest BCUT2D eigenvalue weighted by Crippen LogP contribution is 2.31. The lowest BCUT2D eigenvalue weighted by Crippen LogP contribution is -2.38. The molecule has 4 nitrogen and oxygen atoms in total. The van der Waals surface area contributed by atoms with Gasteiger partial charge in [-0.3, -0.25) is 4.98 Å². The Morgan fingerprint density at radius 1 is 1.53 bits per heavy atom. The van der Waals surface area contributed by atoms with Crippen molar-refractivity contribution in [1.29, 1.82) is 0 Å². The van der Waals surface area contributed by atoms with Crippen LogP contribution in [0.2, 0.25) is 5.02 Å². The van der Waals surface area contributed by atoms with E-state index in [2.05, 4.69) is 20.2 Å². The molecule has 1 atom stereocenters. The fraction of sp³-hybridized carbons (Fsp3) is 0.385. The van der Waals surface area contributed by atoms with Crippen molar-refractivity contribution in [3.05, 3.63) is 39.6 Å². The summed E-state index contributed by atoms with van der Waals surface area (Å²) < 4.78 is 5.82. The van der Waals surface area contributed by atoms with Crippen LogP contribution in [-0.2, 0) is 4.74 Å². The molecule has 0 spiro atoms. The molecule has 6 heteroatoms. The summed E-state index contributed by atoms with van der Waals surface area (Å²) in [4.78, 5) is 10.8. The van der Waals surface area contributed by atoms with Gasteiger partial charge in [-0.15, -0.1) is 11.3 Å². The van der Waals surface area contributed by atoms with Gasteiger partial charge in [0.1, 0.15) is 11.1 Å². The van der Waals surface area contributed by atoms with Crippen molar-refractivity contribution in [1.82, 2.24) is 9.97 Å². The smallest absolute Gasteiger partial charge is 0.126 e. The van der Waals surface area contributed by atoms with Crippen molar-refractivity contribution in [2.45, 2.75) is 13.0 Å². The van der Waals surface area contributed by atoms with E-state index in [0.29, 0.717) is 11.6 Å². The molecule has 100 valence electrons. The maximum Gasteiger partial charge on any atom is 0.126 e. The molecular weight excluding hydrogens is 282 g/mol. The van der Waals surface area contributed by atoms with E-state index < -0.39 is 0 Å². The predicted molar refractivity (Wildman–Crippen MR) is 77.0 cm³/mol. The molecule has 0 bridgehead atoms. The lowest BCUT2D eigenvalue weighted by Gasteiger charge is -2.34. The molecule has 0 radical (unpaired) electrons. The third-order valence-corrected chi connectivity index (χ3v) is 4.42. The first kappa shape index (κ1) is 12.8. The first-order chi connectivity index (χ1) is 9.24. The van der Waals surface area contributed by atoms with E-state index in [9.17, 15) is 0 Å². The molecule has 0 N–H and O–H groups in total. The summed E-state index contributed by atoms with van der Waals surface area (Å²) >= 11 is 7.85. The third-order valence-electron chi connectivity index (χ3n) is 3.07. The summed E-state index contributed by atoms with van der Waals surface area (Å²) in [6.07, 6.45) is 3.46. The predicted octanol–water partition coefficient (Wildman–Crippen LogP) is 3.08. The number of pyridine rings is 1. The molecule has 19 heavy (non-hydrogen) atoms. The monoisotopic (exact) mass is 295 g/mol. The van der Waals surface area contributed by atoms with Crippen LogP contribution in [0.3, 0.4) is 0 Å². The van der Waals surface area contributed by atoms with E-state index >= 15 is 0 Å². The first-order valence-electron chi connectivity index (χ1n) is 6.12. The molecule has 0 saturated carbocycles. The number of morpholine rings is 1. The lowest BCUT2D eigenvalue weighted by atomic mass is 10.2. The molecule has 0 amide bonds. The standard InChI is InChI=1S/C13H14ClN3OS/c1-9-8-19-13(16-9)12-7-17(4-5-18-12)11-2-3-15-6-10(11)14/h2-3,6,8,12H,4-5,7H2,1H3/t12-/m0/s1. The Balaban J connectivity index is 1.80. The number of hydrogen-bond acceptors (Lipinski definition) is 5. The van der Waals surface area contributed by atoms with Crippen molar-refractivity contribution in [3.8, 4) is 0 Å². The normalized spacial score (nSPS) is 19.7. The molecule has 1 saturated heterocycles. The summed E-state index contributed by atoms with van der Waals surface area (Å²) in [5.74, 6) is 0. The van der Waals surface area contributed by atoms with Crippen LogP contribution in [0.1, 0.15) is 16.8 Å². The minimum atomic E-state index is 0.0247. The maximum atomic E-state index is 6.20. The SMILES string of the molecule is Cc1csc([C@@H]2CN(c3ccncc3Cl)CCO2)n1. The van der Waals surface area contributed by atoms with E-state index in [1.54, 1.807) is 23.7 Å². The summed E-state index contributed by atoms with van der Waals surface area (Å²) in [5, 5.41) is 3.77. The summed E-state index contributed by atoms with van der Waals surface area (Å²) in [5.41, 5.74) is 2.06. The van der Waals surface area contributed by atoms with Crippen LogP contribution in [0.15, 0.2) is 23.8 Å². The van der Waals surface area contributed by atoms with Gasteiger partial charge in [-0.1, -0.05) is 11.6 Å². The van der Waals surface area contributed by atoms with Gasteiger partial charge in [-0.25, -0.2) is 4.98 Å². The number of thiazole rings is 1. The number of anilines is 1. The molecular formula is C13H14ClN3OS. The van der Waals surface area contributed by atoms with Crippen LogP contribution < -0.4 is 4.90 Å². The minimum Gasteiger partial charge on any atom is -0.367 e. The van der Waals surface area contributed by atoms with E-state index in [1.165, 1.54) is 0 Å². The lowest BCUT2D eigenvalue weighted by molar-refractivity contribution is 0.0396. The van der Waals surface area contributed by atoms with E-state index in [1.807, 2.05) is 13.0 Å². The Bertz CT molecular complexity index is 575. The van der Waals surface area contributed by atoms with Crippen LogP contribution in [0.25, 0.3) is 0 Å². The fourth-order valence-corrected chi connectivity index (χ4v) is 3.24. The van der Waals surface area contributed by atoms with Gasteiger partial charge in [0.2, 0.25) is 0 Å². The first-order valence-corrected chi connectivity index (χ1v) is 7.38. The number of ether oxygens (including phenoxy) is 1. The third kappa shape index (κ3) is 2.73. The minimum absolute atomic E-state index is 0.0247. The van der Waals surface area contributed by atoms with E-state index in [0.717, 1.165) is 29.5 Å². The molecule has 0 aromatic carbocycles. The number of hydrogen-bond donors (Lipinski definition) is 0. The van der Waals surface area contributed by atoms with Crippen LogP contribution in [0.5, 0.6) is 0 Å². The zero-order valence-electron chi connectivity index (χ0n) is 10.5. The highest BCUT2D eigenvalue weighted by molar-refractivity contribution is 7.09. The fourth-order valence-electron chi connectivity index (χ4n) is 2.16. The Morgan fingerprint density at radius 3 is 3.16 bits per heavy atom. The molecule has 1 aliphatic heterocycles. The van der Waals surface area contributed by atoms with Gasteiger partial charge in [-0.05, 0) is 13.0 Å². The number of rotatable bonds is 2. The van der Waals surface area contributed by atoms with Gasteiger partial charge in [-0.2, -0.15) is 0 Å². The van der Waals surface area contributed by atoms with Crippen LogP contribution in [0.4, 0.5) is 5.69 Å². The van der Waals surface area contributed by atoms with Crippen molar-refractivity contribution in [2.24, 2.45) is 0 Å². The molecule has 2 aromatic rings. The van der Waals surface area contributed by atoms with Gasteiger partial charge < -0.3 is 9.64 Å². The number of nitrogens with zero attached hydrogens (tertiary/aromatic N) is 3. The van der Waals surface area contributed by atoms with Gasteiger partial charge >= 0.3 is 0 Å². The van der Waals surface area contributed by atoms with Crippen molar-refractivity contribution < 1.29 is 4.74 Å². The topological polar surface area (TPSA) is 38.2 Å². The van der Waals surface area contributed by atoms with Crippen molar-refractivity contribution in [3.63, 3.8) is 0 Å². The number of halogens is 1. The number of aryl methyl sites for hydroxylation is 1. The second-order valence-corrected chi connectivity index (χ2v) is 5.76. The average molecular weight is 296 g/mol. The highest BCUT2D eigenvalue weighted by Gasteiger charge is 2.25. The summed E-state index contributed by atoms with van der Waals surface area (Å²) in [6.45, 7) is 4.30. The second-order valence-electron chi connectivity index (χ2n) is 4.46. The molecule has 1 aliphatic rings. The summed E-state index contributed by atoms with van der Waals surface area (Å²) in [6, 6.07) is 1.94. The van der Waals surface area contributed by atoms with Gasteiger partial charge in [0, 0.05) is 30.0 Å². The highest BCUT2D eigenvalue weighted by atomic mass is 35.5.